The van der Waals surface area contributed by atoms with Crippen molar-refractivity contribution in [2.45, 2.75) is 38.2 Å². The summed E-state index contributed by atoms with van der Waals surface area (Å²) in [4.78, 5) is 8.00. The molecule has 0 spiro atoms. The SMILES string of the molecule is COc1ncnc(NCC2(O)CCC(C)CC2)c1N. The number of hydrogen-bond acceptors (Lipinski definition) is 6. The fourth-order valence-electron chi connectivity index (χ4n) is 2.41. The van der Waals surface area contributed by atoms with E-state index in [4.69, 9.17) is 10.5 Å². The lowest BCUT2D eigenvalue weighted by Gasteiger charge is -2.35. The zero-order valence-corrected chi connectivity index (χ0v) is 11.5. The van der Waals surface area contributed by atoms with Gasteiger partial charge in [0, 0.05) is 6.54 Å². The zero-order chi connectivity index (χ0) is 13.9. The lowest BCUT2D eigenvalue weighted by Crippen LogP contribution is -2.40. The summed E-state index contributed by atoms with van der Waals surface area (Å²) >= 11 is 0. The number of ether oxygens (including phenoxy) is 1. The first-order valence-corrected chi connectivity index (χ1v) is 6.65. The molecular formula is C13H22N4O2. The van der Waals surface area contributed by atoms with Crippen molar-refractivity contribution in [1.29, 1.82) is 0 Å². The molecule has 1 heterocycles. The molecule has 1 fully saturated rings. The highest BCUT2D eigenvalue weighted by Crippen LogP contribution is 2.32. The topological polar surface area (TPSA) is 93.3 Å². The van der Waals surface area contributed by atoms with E-state index in [1.54, 1.807) is 0 Å². The van der Waals surface area contributed by atoms with Gasteiger partial charge in [0.15, 0.2) is 5.82 Å². The Kier molecular flexibility index (Phi) is 4.09. The Morgan fingerprint density at radius 1 is 1.47 bits per heavy atom. The highest BCUT2D eigenvalue weighted by molar-refractivity contribution is 5.66. The molecule has 0 aromatic carbocycles. The molecule has 6 heteroatoms. The van der Waals surface area contributed by atoms with Crippen LogP contribution < -0.4 is 15.8 Å². The average Bonchev–Trinajstić information content (AvgIpc) is 2.41. The molecule has 1 aliphatic rings. The van der Waals surface area contributed by atoms with Crippen molar-refractivity contribution in [3.8, 4) is 5.88 Å². The lowest BCUT2D eigenvalue weighted by molar-refractivity contribution is 0.00495. The average molecular weight is 266 g/mol. The number of hydrogen-bond donors (Lipinski definition) is 3. The number of aromatic nitrogens is 2. The van der Waals surface area contributed by atoms with E-state index >= 15 is 0 Å². The minimum Gasteiger partial charge on any atom is -0.479 e. The highest BCUT2D eigenvalue weighted by Gasteiger charge is 2.31. The van der Waals surface area contributed by atoms with Gasteiger partial charge in [-0.25, -0.2) is 4.98 Å². The molecule has 6 nitrogen and oxygen atoms in total. The maximum atomic E-state index is 10.5. The van der Waals surface area contributed by atoms with Crippen molar-refractivity contribution in [3.05, 3.63) is 6.33 Å². The van der Waals surface area contributed by atoms with E-state index in [0.717, 1.165) is 25.7 Å². The smallest absolute Gasteiger partial charge is 0.242 e. The Labute approximate surface area is 113 Å². The summed E-state index contributed by atoms with van der Waals surface area (Å²) in [5, 5.41) is 13.6. The van der Waals surface area contributed by atoms with Gasteiger partial charge in [0.25, 0.3) is 0 Å². The van der Waals surface area contributed by atoms with E-state index in [9.17, 15) is 5.11 Å². The van der Waals surface area contributed by atoms with Crippen LogP contribution in [0.5, 0.6) is 5.88 Å². The van der Waals surface area contributed by atoms with Crippen LogP contribution >= 0.6 is 0 Å². The molecule has 1 aliphatic carbocycles. The van der Waals surface area contributed by atoms with Crippen molar-refractivity contribution in [1.82, 2.24) is 9.97 Å². The van der Waals surface area contributed by atoms with Crippen LogP contribution in [0.1, 0.15) is 32.6 Å². The molecule has 1 aromatic rings. The Morgan fingerprint density at radius 3 is 2.79 bits per heavy atom. The van der Waals surface area contributed by atoms with Crippen LogP contribution in [0, 0.1) is 5.92 Å². The molecule has 106 valence electrons. The zero-order valence-electron chi connectivity index (χ0n) is 11.5. The summed E-state index contributed by atoms with van der Waals surface area (Å²) in [5.74, 6) is 1.56. The van der Waals surface area contributed by atoms with Crippen molar-refractivity contribution < 1.29 is 9.84 Å². The summed E-state index contributed by atoms with van der Waals surface area (Å²) in [6.07, 6.45) is 5.12. The standard InChI is InChI=1S/C13H22N4O2/c1-9-3-5-13(18,6-4-9)7-15-11-10(14)12(19-2)17-8-16-11/h8-9,18H,3-7,14H2,1-2H3,(H,15,16,17). The van der Waals surface area contributed by atoms with E-state index in [0.29, 0.717) is 29.8 Å². The number of nitrogen functional groups attached to an aromatic ring is 1. The van der Waals surface area contributed by atoms with Crippen LogP contribution in [0.4, 0.5) is 11.5 Å². The van der Waals surface area contributed by atoms with Gasteiger partial charge in [0.2, 0.25) is 5.88 Å². The molecule has 4 N–H and O–H groups in total. The van der Waals surface area contributed by atoms with Gasteiger partial charge in [-0.2, -0.15) is 4.98 Å². The lowest BCUT2D eigenvalue weighted by atomic mass is 9.79. The fraction of sp³-hybridized carbons (Fsp3) is 0.692. The van der Waals surface area contributed by atoms with Gasteiger partial charge in [0.05, 0.1) is 12.7 Å². The molecule has 2 rings (SSSR count). The number of methoxy groups -OCH3 is 1. The molecule has 0 amide bonds. The minimum atomic E-state index is -0.670. The van der Waals surface area contributed by atoms with E-state index in [-0.39, 0.29) is 0 Å². The number of nitrogens with one attached hydrogen (secondary N) is 1. The Bertz CT molecular complexity index is 431. The van der Waals surface area contributed by atoms with Crippen LogP contribution in [0.3, 0.4) is 0 Å². The van der Waals surface area contributed by atoms with Gasteiger partial charge in [-0.3, -0.25) is 0 Å². The molecule has 1 aromatic heterocycles. The summed E-state index contributed by atoms with van der Waals surface area (Å²) in [6.45, 7) is 2.67. The van der Waals surface area contributed by atoms with Crippen LogP contribution in [-0.2, 0) is 0 Å². The quantitative estimate of drug-likeness (QED) is 0.763. The first kappa shape index (κ1) is 13.9. The molecule has 1 saturated carbocycles. The van der Waals surface area contributed by atoms with Gasteiger partial charge in [0.1, 0.15) is 12.0 Å². The first-order chi connectivity index (χ1) is 9.04. The van der Waals surface area contributed by atoms with Gasteiger partial charge >= 0.3 is 0 Å². The van der Waals surface area contributed by atoms with Crippen molar-refractivity contribution in [2.75, 3.05) is 24.7 Å². The van der Waals surface area contributed by atoms with Gasteiger partial charge in [-0.1, -0.05) is 6.92 Å². The molecule has 0 radical (unpaired) electrons. The number of anilines is 2. The predicted molar refractivity (Wildman–Crippen MR) is 74.1 cm³/mol. The molecule has 0 saturated heterocycles. The fourth-order valence-corrected chi connectivity index (χ4v) is 2.41. The minimum absolute atomic E-state index is 0.349. The van der Waals surface area contributed by atoms with Crippen molar-refractivity contribution in [2.24, 2.45) is 5.92 Å². The third-order valence-electron chi connectivity index (χ3n) is 3.83. The Morgan fingerprint density at radius 2 is 2.16 bits per heavy atom. The number of rotatable bonds is 4. The maximum absolute atomic E-state index is 10.5. The normalized spacial score (nSPS) is 27.0. The van der Waals surface area contributed by atoms with E-state index in [2.05, 4.69) is 22.2 Å². The summed E-state index contributed by atoms with van der Waals surface area (Å²) in [5.41, 5.74) is 5.58. The summed E-state index contributed by atoms with van der Waals surface area (Å²) < 4.78 is 5.04. The predicted octanol–water partition coefficient (Wildman–Crippen LogP) is 1.42. The Hall–Kier alpha value is -1.56. The molecule has 0 atom stereocenters. The van der Waals surface area contributed by atoms with Crippen molar-refractivity contribution in [3.63, 3.8) is 0 Å². The van der Waals surface area contributed by atoms with Gasteiger partial charge in [-0.05, 0) is 31.6 Å². The summed E-state index contributed by atoms with van der Waals surface area (Å²) in [7, 11) is 1.51. The van der Waals surface area contributed by atoms with Crippen LogP contribution in [0.15, 0.2) is 6.33 Å². The van der Waals surface area contributed by atoms with Gasteiger partial charge in [-0.15, -0.1) is 0 Å². The monoisotopic (exact) mass is 266 g/mol. The van der Waals surface area contributed by atoms with E-state index in [1.807, 2.05) is 0 Å². The third kappa shape index (κ3) is 3.26. The largest absolute Gasteiger partial charge is 0.479 e. The van der Waals surface area contributed by atoms with Crippen LogP contribution in [-0.4, -0.2) is 34.3 Å². The number of nitrogens with zero attached hydrogens (tertiary/aromatic N) is 2. The van der Waals surface area contributed by atoms with Crippen molar-refractivity contribution >= 4 is 11.5 Å². The number of aliphatic hydroxyl groups is 1. The van der Waals surface area contributed by atoms with E-state index in [1.165, 1.54) is 13.4 Å². The first-order valence-electron chi connectivity index (χ1n) is 6.65. The summed E-state index contributed by atoms with van der Waals surface area (Å²) in [6, 6.07) is 0. The molecule has 0 aliphatic heterocycles. The molecule has 0 bridgehead atoms. The second-order valence-electron chi connectivity index (χ2n) is 5.41. The second-order valence-corrected chi connectivity index (χ2v) is 5.41. The molecule has 0 unspecified atom stereocenters. The third-order valence-corrected chi connectivity index (χ3v) is 3.83. The number of nitrogens with two attached hydrogens (primary N) is 1. The van der Waals surface area contributed by atoms with Crippen LogP contribution in [0.25, 0.3) is 0 Å². The second kappa shape index (κ2) is 5.61. The van der Waals surface area contributed by atoms with E-state index < -0.39 is 5.60 Å². The molecule has 19 heavy (non-hydrogen) atoms. The van der Waals surface area contributed by atoms with Gasteiger partial charge < -0.3 is 20.9 Å². The maximum Gasteiger partial charge on any atom is 0.242 e. The van der Waals surface area contributed by atoms with Crippen LogP contribution in [0.2, 0.25) is 0 Å². The molecular weight excluding hydrogens is 244 g/mol. The Balaban J connectivity index is 1.99. The highest BCUT2D eigenvalue weighted by atomic mass is 16.5.